The van der Waals surface area contributed by atoms with Gasteiger partial charge in [-0.3, -0.25) is 4.79 Å². The molecule has 3 N–H and O–H groups in total. The topological polar surface area (TPSA) is 91.8 Å². The van der Waals surface area contributed by atoms with E-state index in [0.29, 0.717) is 41.9 Å². The number of nitrogens with zero attached hydrogens (tertiary/aromatic N) is 3. The Balaban J connectivity index is 1.75. The molecule has 2 aromatic rings. The van der Waals surface area contributed by atoms with E-state index in [1.807, 2.05) is 12.2 Å². The number of rotatable bonds is 7. The number of hydrogen-bond acceptors (Lipinski definition) is 6. The van der Waals surface area contributed by atoms with Crippen LogP contribution in [0.4, 0.5) is 24.8 Å². The van der Waals surface area contributed by atoms with Crippen molar-refractivity contribution < 1.29 is 18.0 Å². The van der Waals surface area contributed by atoms with Gasteiger partial charge in [0.25, 0.3) is 0 Å². The fourth-order valence-corrected chi connectivity index (χ4v) is 3.24. The Labute approximate surface area is 170 Å². The van der Waals surface area contributed by atoms with Crippen molar-refractivity contribution in [2.24, 2.45) is 0 Å². The van der Waals surface area contributed by atoms with Gasteiger partial charge in [-0.15, -0.1) is 0 Å². The summed E-state index contributed by atoms with van der Waals surface area (Å²) in [4.78, 5) is 25.2. The van der Waals surface area contributed by atoms with E-state index >= 15 is 0 Å². The summed E-state index contributed by atoms with van der Waals surface area (Å²) in [7, 11) is 0. The maximum Gasteiger partial charge on any atom is 0.405 e. The van der Waals surface area contributed by atoms with Crippen LogP contribution in [0.2, 0.25) is 5.02 Å². The summed E-state index contributed by atoms with van der Waals surface area (Å²) in [5.41, 5.74) is 0.864. The molecule has 3 heterocycles. The molecule has 7 nitrogen and oxygen atoms in total. The van der Waals surface area contributed by atoms with Crippen LogP contribution in [0, 0.1) is 0 Å². The number of carbonyl (C=O) groups is 1. The Bertz CT molecular complexity index is 879. The highest BCUT2D eigenvalue weighted by Crippen LogP contribution is 2.34. The summed E-state index contributed by atoms with van der Waals surface area (Å²) in [6.07, 6.45) is -0.414. The minimum Gasteiger partial charge on any atom is -0.369 e. The van der Waals surface area contributed by atoms with E-state index in [0.717, 1.165) is 5.56 Å². The lowest BCUT2D eigenvalue weighted by atomic mass is 10.0. The van der Waals surface area contributed by atoms with Gasteiger partial charge in [0.2, 0.25) is 5.91 Å². The van der Waals surface area contributed by atoms with E-state index in [1.54, 1.807) is 18.3 Å². The van der Waals surface area contributed by atoms with Crippen molar-refractivity contribution >= 4 is 29.1 Å². The van der Waals surface area contributed by atoms with Crippen molar-refractivity contribution in [3.63, 3.8) is 0 Å². The second-order valence-electron chi connectivity index (χ2n) is 6.64. The number of alkyl halides is 3. The van der Waals surface area contributed by atoms with Crippen LogP contribution in [0.1, 0.15) is 37.1 Å². The van der Waals surface area contributed by atoms with Crippen molar-refractivity contribution in [1.82, 2.24) is 20.3 Å². The molecule has 0 saturated carbocycles. The molecular weight excluding hydrogens is 409 g/mol. The molecule has 0 spiro atoms. The Kier molecular flexibility index (Phi) is 6.41. The number of pyridine rings is 1. The molecule has 0 radical (unpaired) electrons. The van der Waals surface area contributed by atoms with E-state index < -0.39 is 24.7 Å². The molecule has 29 heavy (non-hydrogen) atoms. The van der Waals surface area contributed by atoms with Gasteiger partial charge in [0.1, 0.15) is 30.0 Å². The fourth-order valence-electron chi connectivity index (χ4n) is 3.08. The van der Waals surface area contributed by atoms with E-state index in [4.69, 9.17) is 11.6 Å². The third-order valence-corrected chi connectivity index (χ3v) is 4.60. The molecule has 11 heteroatoms. The lowest BCUT2D eigenvalue weighted by molar-refractivity contribution is -0.138. The maximum atomic E-state index is 12.4. The van der Waals surface area contributed by atoms with E-state index in [1.165, 1.54) is 6.20 Å². The van der Waals surface area contributed by atoms with Gasteiger partial charge in [-0.1, -0.05) is 24.9 Å². The van der Waals surface area contributed by atoms with Crippen LogP contribution in [-0.4, -0.2) is 46.2 Å². The van der Waals surface area contributed by atoms with Crippen LogP contribution in [0.25, 0.3) is 0 Å². The lowest BCUT2D eigenvalue weighted by Gasteiger charge is -2.19. The number of halogens is 4. The second kappa shape index (κ2) is 8.81. The SMILES string of the molecule is CCC[C@@H](Nc1ccnc(C2CNc3ncc(Cl)cc32)n1)C(=O)NCC(F)(F)F. The van der Waals surface area contributed by atoms with Crippen LogP contribution in [-0.2, 0) is 4.79 Å². The van der Waals surface area contributed by atoms with Crippen LogP contribution in [0.3, 0.4) is 0 Å². The molecule has 1 amide bonds. The molecular formula is C18H20ClF3N6O. The summed E-state index contributed by atoms with van der Waals surface area (Å²) in [5, 5.41) is 8.50. The fraction of sp³-hybridized carbons (Fsp3) is 0.444. The first-order chi connectivity index (χ1) is 13.8. The summed E-state index contributed by atoms with van der Waals surface area (Å²) < 4.78 is 37.2. The van der Waals surface area contributed by atoms with Crippen LogP contribution in [0.15, 0.2) is 24.5 Å². The minimum absolute atomic E-state index is 0.179. The smallest absolute Gasteiger partial charge is 0.369 e. The molecule has 0 saturated heterocycles. The van der Waals surface area contributed by atoms with Gasteiger partial charge in [0.05, 0.1) is 10.9 Å². The quantitative estimate of drug-likeness (QED) is 0.626. The summed E-state index contributed by atoms with van der Waals surface area (Å²) in [6.45, 7) is 1.01. The molecule has 1 unspecified atom stereocenters. The molecule has 1 aliphatic rings. The molecule has 2 aromatic heterocycles. The van der Waals surface area contributed by atoms with Crippen molar-refractivity contribution in [3.8, 4) is 0 Å². The monoisotopic (exact) mass is 428 g/mol. The molecule has 1 aliphatic heterocycles. The number of nitrogens with one attached hydrogen (secondary N) is 3. The standard InChI is InChI=1S/C18H20ClF3N6O/c1-2-3-13(17(29)26-9-18(20,21)22)27-14-4-5-23-16(28-14)12-8-25-15-11(12)6-10(19)7-24-15/h4-7,12-13H,2-3,8-9H2,1H3,(H,24,25)(H,26,29)(H,23,27,28)/t12?,13-/m1/s1. The molecule has 0 aliphatic carbocycles. The van der Waals surface area contributed by atoms with E-state index in [-0.39, 0.29) is 5.92 Å². The number of carbonyl (C=O) groups excluding carboxylic acids is 1. The van der Waals surface area contributed by atoms with Gasteiger partial charge in [0, 0.05) is 24.5 Å². The molecule has 3 rings (SSSR count). The third kappa shape index (κ3) is 5.47. The summed E-state index contributed by atoms with van der Waals surface area (Å²) in [6, 6.07) is 2.53. The zero-order valence-electron chi connectivity index (χ0n) is 15.6. The molecule has 156 valence electrons. The molecule has 0 bridgehead atoms. The van der Waals surface area contributed by atoms with E-state index in [2.05, 4.69) is 25.6 Å². The van der Waals surface area contributed by atoms with Crippen molar-refractivity contribution in [2.75, 3.05) is 23.7 Å². The lowest BCUT2D eigenvalue weighted by Crippen LogP contribution is -2.43. The predicted octanol–water partition coefficient (Wildman–Crippen LogP) is 3.34. The van der Waals surface area contributed by atoms with Gasteiger partial charge in [-0.05, 0) is 18.6 Å². The Hall–Kier alpha value is -2.62. The number of fused-ring (bicyclic) bond motifs is 1. The van der Waals surface area contributed by atoms with Gasteiger partial charge in [-0.25, -0.2) is 15.0 Å². The molecule has 0 aromatic carbocycles. The first kappa shape index (κ1) is 21.1. The highest BCUT2D eigenvalue weighted by atomic mass is 35.5. The van der Waals surface area contributed by atoms with Gasteiger partial charge >= 0.3 is 6.18 Å². The molecule has 2 atom stereocenters. The highest BCUT2D eigenvalue weighted by Gasteiger charge is 2.30. The Morgan fingerprint density at radius 1 is 1.41 bits per heavy atom. The summed E-state index contributed by atoms with van der Waals surface area (Å²) in [5.74, 6) is 0.655. The third-order valence-electron chi connectivity index (χ3n) is 4.40. The van der Waals surface area contributed by atoms with Crippen LogP contribution >= 0.6 is 11.6 Å². The second-order valence-corrected chi connectivity index (χ2v) is 7.08. The largest absolute Gasteiger partial charge is 0.405 e. The Morgan fingerprint density at radius 3 is 2.93 bits per heavy atom. The normalized spacial score (nSPS) is 16.7. The first-order valence-electron chi connectivity index (χ1n) is 9.10. The highest BCUT2D eigenvalue weighted by molar-refractivity contribution is 6.30. The first-order valence-corrected chi connectivity index (χ1v) is 9.48. The predicted molar refractivity (Wildman–Crippen MR) is 103 cm³/mol. The van der Waals surface area contributed by atoms with Crippen LogP contribution in [0.5, 0.6) is 0 Å². The number of aromatic nitrogens is 3. The summed E-state index contributed by atoms with van der Waals surface area (Å²) >= 11 is 6.04. The zero-order chi connectivity index (χ0) is 21.0. The van der Waals surface area contributed by atoms with Gasteiger partial charge in [-0.2, -0.15) is 13.2 Å². The van der Waals surface area contributed by atoms with Gasteiger partial charge in [0.15, 0.2) is 0 Å². The number of anilines is 2. The van der Waals surface area contributed by atoms with Crippen molar-refractivity contribution in [2.45, 2.75) is 37.9 Å². The average molecular weight is 429 g/mol. The van der Waals surface area contributed by atoms with Crippen LogP contribution < -0.4 is 16.0 Å². The zero-order valence-corrected chi connectivity index (χ0v) is 16.3. The Morgan fingerprint density at radius 2 is 2.21 bits per heavy atom. The van der Waals surface area contributed by atoms with E-state index in [9.17, 15) is 18.0 Å². The molecule has 0 fully saturated rings. The number of hydrogen-bond donors (Lipinski definition) is 3. The van der Waals surface area contributed by atoms with Crippen molar-refractivity contribution in [3.05, 3.63) is 40.9 Å². The average Bonchev–Trinajstić information content (AvgIpc) is 3.08. The number of amides is 1. The minimum atomic E-state index is -4.47. The van der Waals surface area contributed by atoms with Crippen molar-refractivity contribution in [1.29, 1.82) is 0 Å². The van der Waals surface area contributed by atoms with Gasteiger partial charge < -0.3 is 16.0 Å². The maximum absolute atomic E-state index is 12.4.